The van der Waals surface area contributed by atoms with Gasteiger partial charge in [0.1, 0.15) is 66.0 Å². The Morgan fingerprint density at radius 3 is 1.61 bits per heavy atom. The van der Waals surface area contributed by atoms with Crippen LogP contribution in [0.4, 0.5) is 8.78 Å². The zero-order chi connectivity index (χ0) is 70.3. The minimum absolute atomic E-state index is 0.186. The molecule has 4 rings (SSSR count). The molecule has 27 nitrogen and oxygen atoms in total. The summed E-state index contributed by atoms with van der Waals surface area (Å²) >= 11 is 1.58. The molecule has 1 aliphatic carbocycles. The lowest BCUT2D eigenvalue weighted by Crippen LogP contribution is -2.63. The maximum atomic E-state index is 14.4. The van der Waals surface area contributed by atoms with Crippen molar-refractivity contribution in [3.05, 3.63) is 60.2 Å². The molecular formula is C64H96F2N12O15S. The Balaban J connectivity index is 1.50. The number of carbonyl (C=O) groups excluding carboxylic acids is 12. The molecule has 2 aliphatic rings. The summed E-state index contributed by atoms with van der Waals surface area (Å²) in [5.41, 5.74) is 4.47. The second-order valence-corrected chi connectivity index (χ2v) is 25.6. The van der Waals surface area contributed by atoms with Gasteiger partial charge in [-0.3, -0.25) is 52.7 Å². The number of benzene rings is 2. The van der Waals surface area contributed by atoms with Gasteiger partial charge in [0.2, 0.25) is 71.4 Å². The third-order valence-corrected chi connectivity index (χ3v) is 18.5. The van der Waals surface area contributed by atoms with Crippen LogP contribution in [0.15, 0.2) is 64.4 Å². The van der Waals surface area contributed by atoms with E-state index in [4.69, 9.17) is 10.5 Å². The normalized spacial score (nSPS) is 22.6. The van der Waals surface area contributed by atoms with E-state index < -0.39 is 212 Å². The van der Waals surface area contributed by atoms with Crippen molar-refractivity contribution in [2.24, 2.45) is 35.3 Å². The van der Waals surface area contributed by atoms with Gasteiger partial charge in [-0.1, -0.05) is 123 Å². The fraction of sp³-hybridized carbons (Fsp3) is 0.625. The number of nitrogens with one attached hydrogen (secondary N) is 11. The van der Waals surface area contributed by atoms with Crippen LogP contribution in [0.3, 0.4) is 0 Å². The molecule has 0 bridgehead atoms. The number of halogens is 2. The van der Waals surface area contributed by atoms with Crippen molar-refractivity contribution in [1.82, 2.24) is 58.5 Å². The van der Waals surface area contributed by atoms with Crippen LogP contribution in [0.1, 0.15) is 126 Å². The maximum Gasteiger partial charge on any atom is 0.329 e. The van der Waals surface area contributed by atoms with Gasteiger partial charge in [0, 0.05) is 22.6 Å². The number of rotatable bonds is 34. The standard InChI is InChI=1S/C64H96F2N12O15S/c1-12-32(5)48(74-55(84)43(68-11)27-38-21-23-41(24-22-38)94-40-19-17-16-18-20-40)58(87)71-44(30-79)56(85)70-42(25-26-47(67)81)54(83)73-50(34(7)14-3)60(89)75-49(33(6)13-2)59(88)72-45(31-80)57(86)76-52-37(10)93-62(91)51(35(8)15-4)77-63(92)64(29-39(64)28-46(65)66)78-53(82)36(9)69-61(52)90/h16-24,32-37,39,42-46,48-52,68,79-80H,12-15,25-31H2,1-11H3,(H2,67,81)(H,69,90)(H,70,85)(H,71,87)(H,72,88)(H,73,83)(H,74,84)(H,75,89)(H,76,86)(H,77,92)(H,78,82)/t32-,33-,34-,35-,36-,37-,39+,42+,43+,44-,45-,48-,49-,50+,51-,52+,64+/m0/s1. The van der Waals surface area contributed by atoms with E-state index in [0.717, 1.165) is 15.4 Å². The maximum absolute atomic E-state index is 14.4. The van der Waals surface area contributed by atoms with Crippen molar-refractivity contribution in [3.63, 3.8) is 0 Å². The summed E-state index contributed by atoms with van der Waals surface area (Å²) in [5.74, 6) is -15.1. The van der Waals surface area contributed by atoms with Gasteiger partial charge in [-0.05, 0) is 99.6 Å². The van der Waals surface area contributed by atoms with Crippen LogP contribution >= 0.6 is 11.8 Å². The van der Waals surface area contributed by atoms with Crippen molar-refractivity contribution >= 4 is 82.7 Å². The largest absolute Gasteiger partial charge is 0.458 e. The fourth-order valence-electron chi connectivity index (χ4n) is 10.4. The first-order valence-electron chi connectivity index (χ1n) is 32.0. The van der Waals surface area contributed by atoms with Crippen molar-refractivity contribution in [2.75, 3.05) is 20.3 Å². The SMILES string of the molecule is CC[C@H](C)[C@H](NC(=O)[C@@H](Cc1ccc(Sc2ccccc2)cc1)NC)C(=O)N[C@@H](CO)C(=O)N[C@H](CCC(N)=O)C(=O)N[C@@H](C(=O)N[C@H](C(=O)N[C@@H](CO)C(=O)N[C@H]1C(=O)N[C@@H](C)C(=O)N[C@@]2(C[C@H]2CC(F)F)C(=O)N[C@@H]([C@@H](C)CC)C(=O)O[C@H]1C)[C@@H](C)CC)[C@@H](C)CC. The molecule has 2 aromatic rings. The van der Waals surface area contributed by atoms with Gasteiger partial charge in [-0.25, -0.2) is 13.6 Å². The lowest BCUT2D eigenvalue weighted by atomic mass is 9.94. The summed E-state index contributed by atoms with van der Waals surface area (Å²) in [6.45, 7) is 13.7. The van der Waals surface area contributed by atoms with Gasteiger partial charge in [0.15, 0.2) is 0 Å². The second-order valence-electron chi connectivity index (χ2n) is 24.5. The molecule has 0 radical (unpaired) electrons. The third-order valence-electron chi connectivity index (χ3n) is 17.5. The molecule has 94 heavy (non-hydrogen) atoms. The summed E-state index contributed by atoms with van der Waals surface area (Å²) in [4.78, 5) is 168. The lowest BCUT2D eigenvalue weighted by molar-refractivity contribution is -0.157. The first-order chi connectivity index (χ1) is 44.4. The highest BCUT2D eigenvalue weighted by molar-refractivity contribution is 7.99. The predicted molar refractivity (Wildman–Crippen MR) is 342 cm³/mol. The summed E-state index contributed by atoms with van der Waals surface area (Å²) < 4.78 is 32.8. The first-order valence-corrected chi connectivity index (χ1v) is 32.8. The second kappa shape index (κ2) is 37.3. The molecule has 1 aliphatic heterocycles. The molecule has 522 valence electrons. The van der Waals surface area contributed by atoms with E-state index in [-0.39, 0.29) is 25.7 Å². The molecule has 17 atom stereocenters. The van der Waals surface area contributed by atoms with Crippen LogP contribution in [-0.4, -0.2) is 180 Å². The molecule has 1 spiro atoms. The molecule has 1 heterocycles. The number of aliphatic hydroxyl groups is 2. The molecule has 1 saturated carbocycles. The monoisotopic (exact) mass is 1340 g/mol. The van der Waals surface area contributed by atoms with Gasteiger partial charge in [0.05, 0.1) is 19.3 Å². The smallest absolute Gasteiger partial charge is 0.329 e. The molecule has 0 unspecified atom stereocenters. The van der Waals surface area contributed by atoms with Gasteiger partial charge >= 0.3 is 5.97 Å². The Bertz CT molecular complexity index is 2960. The van der Waals surface area contributed by atoms with Crippen molar-refractivity contribution < 1.29 is 81.3 Å². The summed E-state index contributed by atoms with van der Waals surface area (Å²) in [6, 6.07) is 2.62. The van der Waals surface area contributed by atoms with Gasteiger partial charge in [-0.2, -0.15) is 0 Å². The van der Waals surface area contributed by atoms with E-state index in [1.165, 1.54) is 13.8 Å². The molecule has 2 fully saturated rings. The van der Waals surface area contributed by atoms with E-state index in [1.54, 1.807) is 74.2 Å². The topological polar surface area (TPSA) is 413 Å². The van der Waals surface area contributed by atoms with Gasteiger partial charge in [0.25, 0.3) is 0 Å². The molecule has 15 N–H and O–H groups in total. The number of likely N-dealkylation sites (N-methyl/N-ethyl adjacent to an activating group) is 1. The summed E-state index contributed by atoms with van der Waals surface area (Å²) in [7, 11) is 1.60. The Labute approximate surface area is 551 Å². The Morgan fingerprint density at radius 1 is 0.638 bits per heavy atom. The minimum atomic E-state index is -2.83. The number of alkyl halides is 2. The Hall–Kier alpha value is -7.83. The van der Waals surface area contributed by atoms with Crippen molar-refractivity contribution in [3.8, 4) is 0 Å². The lowest BCUT2D eigenvalue weighted by Gasteiger charge is -2.31. The van der Waals surface area contributed by atoms with Crippen LogP contribution in [0.5, 0.6) is 0 Å². The number of cyclic esters (lactones) is 1. The van der Waals surface area contributed by atoms with E-state index in [0.29, 0.717) is 12.8 Å². The summed E-state index contributed by atoms with van der Waals surface area (Å²) in [5, 5.41) is 49.1. The van der Waals surface area contributed by atoms with E-state index >= 15 is 0 Å². The predicted octanol–water partition coefficient (Wildman–Crippen LogP) is 0.261. The molecule has 11 amide bonds. The van der Waals surface area contributed by atoms with Crippen LogP contribution in [0, 0.1) is 29.6 Å². The average molecular weight is 1340 g/mol. The highest BCUT2D eigenvalue weighted by atomic mass is 32.2. The third kappa shape index (κ3) is 22.4. The number of primary amides is 1. The van der Waals surface area contributed by atoms with Crippen LogP contribution < -0.4 is 64.2 Å². The minimum Gasteiger partial charge on any atom is -0.458 e. The van der Waals surface area contributed by atoms with E-state index in [2.05, 4.69) is 58.5 Å². The average Bonchev–Trinajstić information content (AvgIpc) is 1.58. The molecular weight excluding hydrogens is 1250 g/mol. The number of nitrogens with two attached hydrogens (primary N) is 1. The Kier molecular flexibility index (Phi) is 31.2. The van der Waals surface area contributed by atoms with E-state index in [1.807, 2.05) is 54.6 Å². The van der Waals surface area contributed by atoms with Crippen molar-refractivity contribution in [1.29, 1.82) is 0 Å². The molecule has 1 saturated heterocycles. The van der Waals surface area contributed by atoms with Crippen LogP contribution in [-0.2, 0) is 68.7 Å². The van der Waals surface area contributed by atoms with Gasteiger partial charge in [-0.15, -0.1) is 0 Å². The van der Waals surface area contributed by atoms with E-state index in [9.17, 15) is 76.5 Å². The van der Waals surface area contributed by atoms with Crippen molar-refractivity contribution in [2.45, 2.75) is 215 Å². The number of ether oxygens (including phenoxy) is 1. The number of hydrogen-bond acceptors (Lipinski definition) is 17. The van der Waals surface area contributed by atoms with Gasteiger partial charge < -0.3 is 79.2 Å². The molecule has 30 heteroatoms. The van der Waals surface area contributed by atoms with Crippen LogP contribution in [0.25, 0.3) is 0 Å². The zero-order valence-electron chi connectivity index (χ0n) is 55.2. The highest BCUT2D eigenvalue weighted by Gasteiger charge is 2.62. The first kappa shape index (κ1) is 78.6. The number of carbonyl (C=O) groups is 12. The molecule has 2 aromatic carbocycles. The Morgan fingerprint density at radius 2 is 1.12 bits per heavy atom. The number of esters is 1. The number of aliphatic hydroxyl groups excluding tert-OH is 2. The molecule has 0 aromatic heterocycles. The number of hydrogen-bond donors (Lipinski definition) is 14. The number of amides is 11. The quantitative estimate of drug-likeness (QED) is 0.0418. The summed E-state index contributed by atoms with van der Waals surface area (Å²) in [6.07, 6.45) is -4.80. The highest BCUT2D eigenvalue weighted by Crippen LogP contribution is 2.48. The zero-order valence-corrected chi connectivity index (χ0v) is 56.0. The fourth-order valence-corrected chi connectivity index (χ4v) is 11.2. The van der Waals surface area contributed by atoms with Crippen LogP contribution in [0.2, 0.25) is 0 Å².